The first-order valence-corrected chi connectivity index (χ1v) is 9.60. The van der Waals surface area contributed by atoms with E-state index in [0.29, 0.717) is 11.5 Å². The van der Waals surface area contributed by atoms with Gasteiger partial charge in [-0.15, -0.1) is 10.2 Å². The molecule has 7 heteroatoms. The maximum Gasteiger partial charge on any atom is 0.179 e. The molecule has 1 aromatic carbocycles. The maximum absolute atomic E-state index is 8.95. The molecule has 1 N–H and O–H groups in total. The van der Waals surface area contributed by atoms with E-state index in [4.69, 9.17) is 10.00 Å². The second kappa shape index (κ2) is 6.64. The molecule has 0 radical (unpaired) electrons. The molecule has 0 amide bonds. The number of hydrogen-bond donors (Lipinski definition) is 1. The van der Waals surface area contributed by atoms with Crippen LogP contribution in [0.2, 0.25) is 0 Å². The number of ether oxygens (including phenoxy) is 1. The maximum atomic E-state index is 8.95. The van der Waals surface area contributed by atoms with E-state index in [0.717, 1.165) is 47.6 Å². The van der Waals surface area contributed by atoms with Crippen LogP contribution in [0.15, 0.2) is 42.7 Å². The highest BCUT2D eigenvalue weighted by atomic mass is 16.5. The zero-order valence-electron chi connectivity index (χ0n) is 15.5. The normalized spacial score (nSPS) is 21.9. The number of nitrogens with one attached hydrogen (secondary N) is 1. The van der Waals surface area contributed by atoms with Crippen molar-refractivity contribution in [3.05, 3.63) is 54.1 Å². The number of H-pyrrole nitrogens is 1. The van der Waals surface area contributed by atoms with Crippen LogP contribution in [-0.2, 0) is 0 Å². The lowest BCUT2D eigenvalue weighted by atomic mass is 9.93. The minimum atomic E-state index is 0.124. The van der Waals surface area contributed by atoms with E-state index in [1.165, 1.54) is 0 Å². The van der Waals surface area contributed by atoms with Crippen molar-refractivity contribution in [3.8, 4) is 11.8 Å². The van der Waals surface area contributed by atoms with Crippen molar-refractivity contribution in [1.29, 1.82) is 5.26 Å². The van der Waals surface area contributed by atoms with Gasteiger partial charge in [0.05, 0.1) is 29.5 Å². The van der Waals surface area contributed by atoms with Gasteiger partial charge in [0, 0.05) is 12.1 Å². The van der Waals surface area contributed by atoms with E-state index in [9.17, 15) is 0 Å². The summed E-state index contributed by atoms with van der Waals surface area (Å²) in [6.07, 6.45) is 6.72. The second-order valence-corrected chi connectivity index (χ2v) is 7.34. The van der Waals surface area contributed by atoms with Gasteiger partial charge in [0.1, 0.15) is 11.6 Å². The van der Waals surface area contributed by atoms with Crippen molar-refractivity contribution in [2.45, 2.75) is 38.2 Å². The molecule has 1 saturated carbocycles. The summed E-state index contributed by atoms with van der Waals surface area (Å²) in [6, 6.07) is 11.5. The van der Waals surface area contributed by atoms with Crippen LogP contribution in [0.5, 0.6) is 5.75 Å². The third-order valence-corrected chi connectivity index (χ3v) is 5.76. The van der Waals surface area contributed by atoms with Crippen molar-refractivity contribution < 1.29 is 4.74 Å². The van der Waals surface area contributed by atoms with Crippen LogP contribution >= 0.6 is 0 Å². The van der Waals surface area contributed by atoms with Crippen LogP contribution in [0.3, 0.4) is 0 Å². The lowest BCUT2D eigenvalue weighted by Crippen LogP contribution is -2.12. The van der Waals surface area contributed by atoms with Gasteiger partial charge in [0.2, 0.25) is 0 Å². The van der Waals surface area contributed by atoms with Crippen LogP contribution in [0.4, 0.5) is 0 Å². The van der Waals surface area contributed by atoms with Crippen molar-refractivity contribution >= 4 is 16.8 Å². The third kappa shape index (κ3) is 2.69. The van der Waals surface area contributed by atoms with Gasteiger partial charge in [-0.3, -0.25) is 4.40 Å². The molecular formula is C21H20N6O. The Morgan fingerprint density at radius 2 is 2.07 bits per heavy atom. The van der Waals surface area contributed by atoms with Gasteiger partial charge in [-0.2, -0.15) is 5.26 Å². The highest BCUT2D eigenvalue weighted by Gasteiger charge is 2.38. The largest absolute Gasteiger partial charge is 0.490 e. The van der Waals surface area contributed by atoms with E-state index in [1.54, 1.807) is 18.3 Å². The Bertz CT molecular complexity index is 1170. The Hall–Kier alpha value is -3.40. The first-order valence-electron chi connectivity index (χ1n) is 9.60. The summed E-state index contributed by atoms with van der Waals surface area (Å²) < 4.78 is 8.36. The van der Waals surface area contributed by atoms with Gasteiger partial charge >= 0.3 is 0 Å². The molecule has 1 aliphatic carbocycles. The SMILES string of the molecule is CC[C@H]1C[C@H](Oc2ccc(C#N)cc2)C[C@H]1c1nnc2cnc3[nH]ccc3n12. The van der Waals surface area contributed by atoms with Gasteiger partial charge in [-0.1, -0.05) is 13.3 Å². The highest BCUT2D eigenvalue weighted by molar-refractivity contribution is 5.74. The number of nitrogens with zero attached hydrogens (tertiary/aromatic N) is 5. The Kier molecular flexibility index (Phi) is 3.97. The fourth-order valence-corrected chi connectivity index (χ4v) is 4.38. The van der Waals surface area contributed by atoms with E-state index < -0.39 is 0 Å². The summed E-state index contributed by atoms with van der Waals surface area (Å²) in [6.45, 7) is 2.22. The van der Waals surface area contributed by atoms with Crippen LogP contribution in [0.25, 0.3) is 16.8 Å². The van der Waals surface area contributed by atoms with E-state index in [1.807, 2.05) is 24.4 Å². The van der Waals surface area contributed by atoms with Crippen molar-refractivity contribution in [2.75, 3.05) is 0 Å². The predicted octanol–water partition coefficient (Wildman–Crippen LogP) is 3.83. The molecule has 1 fully saturated rings. The van der Waals surface area contributed by atoms with Crippen LogP contribution in [0.1, 0.15) is 43.5 Å². The molecule has 0 bridgehead atoms. The molecule has 3 aromatic heterocycles. The standard InChI is InChI=1S/C21H20N6O/c1-2-14-9-16(28-15-5-3-13(11-22)4-6-15)10-17(14)21-26-25-19-12-24-20-18(27(19)21)7-8-23-20/h3-8,12,14,16-17,23H,2,9-10H2,1H3/t14-,16-,17+/m0/s1. The van der Waals surface area contributed by atoms with E-state index in [2.05, 4.69) is 37.6 Å². The van der Waals surface area contributed by atoms with E-state index in [-0.39, 0.29) is 12.0 Å². The van der Waals surface area contributed by atoms with E-state index >= 15 is 0 Å². The Balaban J connectivity index is 1.46. The molecule has 3 heterocycles. The number of aromatic nitrogens is 5. The predicted molar refractivity (Wildman–Crippen MR) is 104 cm³/mol. The molecule has 3 atom stereocenters. The molecule has 0 aliphatic heterocycles. The lowest BCUT2D eigenvalue weighted by molar-refractivity contribution is 0.203. The van der Waals surface area contributed by atoms with Crippen LogP contribution in [0, 0.1) is 17.2 Å². The third-order valence-electron chi connectivity index (χ3n) is 5.76. The molecule has 0 spiro atoms. The monoisotopic (exact) mass is 372 g/mol. The van der Waals surface area contributed by atoms with Crippen LogP contribution in [-0.4, -0.2) is 30.7 Å². The Labute approximate surface area is 162 Å². The van der Waals surface area contributed by atoms with Crippen molar-refractivity contribution in [2.24, 2.45) is 5.92 Å². The smallest absolute Gasteiger partial charge is 0.179 e. The summed E-state index contributed by atoms with van der Waals surface area (Å²) >= 11 is 0. The molecule has 5 rings (SSSR count). The van der Waals surface area contributed by atoms with Gasteiger partial charge in [-0.05, 0) is 49.1 Å². The first-order chi connectivity index (χ1) is 13.8. The number of fused-ring (bicyclic) bond motifs is 3. The quantitative estimate of drug-likeness (QED) is 0.588. The highest BCUT2D eigenvalue weighted by Crippen LogP contribution is 2.42. The zero-order chi connectivity index (χ0) is 19.1. The molecule has 0 saturated heterocycles. The van der Waals surface area contributed by atoms with Crippen LogP contribution < -0.4 is 4.74 Å². The van der Waals surface area contributed by atoms with Gasteiger partial charge in [-0.25, -0.2) is 4.98 Å². The number of nitriles is 1. The summed E-state index contributed by atoms with van der Waals surface area (Å²) in [5.74, 6) is 2.56. The topological polar surface area (TPSA) is 91.9 Å². The summed E-state index contributed by atoms with van der Waals surface area (Å²) in [5.41, 5.74) is 3.25. The zero-order valence-corrected chi connectivity index (χ0v) is 15.5. The molecular weight excluding hydrogens is 352 g/mol. The van der Waals surface area contributed by atoms with Crippen molar-refractivity contribution in [1.82, 2.24) is 24.6 Å². The van der Waals surface area contributed by atoms with Gasteiger partial charge in [0.25, 0.3) is 0 Å². The summed E-state index contributed by atoms with van der Waals surface area (Å²) in [7, 11) is 0. The average molecular weight is 372 g/mol. The molecule has 0 unspecified atom stereocenters. The number of aromatic amines is 1. The molecule has 1 aliphatic rings. The average Bonchev–Trinajstić information content (AvgIpc) is 3.45. The molecule has 140 valence electrons. The Morgan fingerprint density at radius 3 is 2.86 bits per heavy atom. The number of hydrogen-bond acceptors (Lipinski definition) is 5. The molecule has 4 aromatic rings. The van der Waals surface area contributed by atoms with Gasteiger partial charge in [0.15, 0.2) is 11.3 Å². The minimum absolute atomic E-state index is 0.124. The first kappa shape index (κ1) is 16.8. The summed E-state index contributed by atoms with van der Waals surface area (Å²) in [4.78, 5) is 7.57. The number of benzene rings is 1. The molecule has 28 heavy (non-hydrogen) atoms. The summed E-state index contributed by atoms with van der Waals surface area (Å²) in [5, 5.41) is 17.8. The lowest BCUT2D eigenvalue weighted by Gasteiger charge is -2.15. The minimum Gasteiger partial charge on any atom is -0.490 e. The second-order valence-electron chi connectivity index (χ2n) is 7.34. The van der Waals surface area contributed by atoms with Crippen molar-refractivity contribution in [3.63, 3.8) is 0 Å². The Morgan fingerprint density at radius 1 is 1.21 bits per heavy atom. The van der Waals surface area contributed by atoms with Gasteiger partial charge < -0.3 is 9.72 Å². The molecule has 7 nitrogen and oxygen atoms in total. The fraction of sp³-hybridized carbons (Fsp3) is 0.333. The number of rotatable bonds is 4. The fourth-order valence-electron chi connectivity index (χ4n) is 4.38.